The van der Waals surface area contributed by atoms with Crippen LogP contribution in [0.2, 0.25) is 0 Å². The number of nitrogen functional groups attached to an aromatic ring is 1. The van der Waals surface area contributed by atoms with Crippen molar-refractivity contribution >= 4 is 31.8 Å². The highest BCUT2D eigenvalue weighted by atomic mass is 32.2. The quantitative estimate of drug-likeness (QED) is 0.227. The summed E-state index contributed by atoms with van der Waals surface area (Å²) in [6.45, 7) is 3.54. The molecule has 15 heteroatoms. The average Bonchev–Trinajstić information content (AvgIpc) is 3.57. The van der Waals surface area contributed by atoms with E-state index in [1.807, 2.05) is 6.07 Å². The summed E-state index contributed by atoms with van der Waals surface area (Å²) in [5.74, 6) is -0.262. The van der Waals surface area contributed by atoms with Gasteiger partial charge in [-0.05, 0) is 48.4 Å². The predicted octanol–water partition coefficient (Wildman–Crippen LogP) is 0.604. The van der Waals surface area contributed by atoms with Crippen LogP contribution in [0.15, 0.2) is 59.5 Å². The van der Waals surface area contributed by atoms with Gasteiger partial charge in [-0.3, -0.25) is 0 Å². The average molecular weight is 668 g/mol. The first kappa shape index (κ1) is 35.1. The van der Waals surface area contributed by atoms with Crippen molar-refractivity contribution in [3.8, 4) is 0 Å². The lowest BCUT2D eigenvalue weighted by Crippen LogP contribution is -2.61. The van der Waals surface area contributed by atoms with Crippen molar-refractivity contribution in [2.24, 2.45) is 11.3 Å². The Bertz CT molecular complexity index is 1520. The van der Waals surface area contributed by atoms with Crippen LogP contribution < -0.4 is 15.6 Å². The van der Waals surface area contributed by atoms with Crippen molar-refractivity contribution < 1.29 is 41.3 Å². The lowest BCUT2D eigenvalue weighted by Gasteiger charge is -2.43. The highest BCUT2D eigenvalue weighted by Gasteiger charge is 2.47. The molecule has 2 aliphatic rings. The SMILES string of the molecule is CC(C)(CCNS(C)(=O)=O)CN(C[C@@H](O)[C@H](Cc1ccccc1)N(C(=O)[O-])[C@H]1CO[C@H]2OCC[C@H]21)S(=O)(=O)c1cccc(N)c1. The molecule has 13 nitrogen and oxygen atoms in total. The summed E-state index contributed by atoms with van der Waals surface area (Å²) < 4.78 is 66.4. The fraction of sp³-hybridized carbons (Fsp3) is 0.567. The number of aliphatic hydroxyl groups is 1. The maximum Gasteiger partial charge on any atom is 0.243 e. The number of benzene rings is 2. The number of ether oxygens (including phenoxy) is 2. The van der Waals surface area contributed by atoms with Gasteiger partial charge >= 0.3 is 0 Å². The van der Waals surface area contributed by atoms with Crippen molar-refractivity contribution in [1.82, 2.24) is 13.9 Å². The summed E-state index contributed by atoms with van der Waals surface area (Å²) >= 11 is 0. The minimum absolute atomic E-state index is 0.0486. The predicted molar refractivity (Wildman–Crippen MR) is 166 cm³/mol. The van der Waals surface area contributed by atoms with E-state index in [1.165, 1.54) is 18.2 Å². The summed E-state index contributed by atoms with van der Waals surface area (Å²) in [5.41, 5.74) is 6.12. The van der Waals surface area contributed by atoms with Crippen LogP contribution in [0.5, 0.6) is 0 Å². The van der Waals surface area contributed by atoms with Crippen molar-refractivity contribution in [3.63, 3.8) is 0 Å². The Morgan fingerprint density at radius 2 is 1.84 bits per heavy atom. The van der Waals surface area contributed by atoms with Crippen LogP contribution in [-0.2, 0) is 35.9 Å². The minimum atomic E-state index is -4.26. The van der Waals surface area contributed by atoms with E-state index in [9.17, 15) is 31.8 Å². The van der Waals surface area contributed by atoms with E-state index in [2.05, 4.69) is 4.72 Å². The van der Waals surface area contributed by atoms with Crippen molar-refractivity contribution in [2.75, 3.05) is 44.8 Å². The molecular weight excluding hydrogens is 624 g/mol. The number of rotatable bonds is 15. The molecule has 0 unspecified atom stereocenters. The number of anilines is 1. The zero-order chi connectivity index (χ0) is 33.0. The molecule has 2 fully saturated rings. The molecule has 0 aromatic heterocycles. The second kappa shape index (κ2) is 14.3. The number of sulfonamides is 2. The van der Waals surface area contributed by atoms with Crippen LogP contribution in [0.25, 0.3) is 0 Å². The molecule has 1 amide bonds. The molecule has 2 aliphatic heterocycles. The molecule has 2 heterocycles. The largest absolute Gasteiger partial charge is 0.530 e. The lowest BCUT2D eigenvalue weighted by molar-refractivity contribution is -0.273. The number of nitrogens with one attached hydrogen (secondary N) is 1. The van der Waals surface area contributed by atoms with Crippen molar-refractivity contribution in [1.29, 1.82) is 0 Å². The van der Waals surface area contributed by atoms with E-state index >= 15 is 0 Å². The van der Waals surface area contributed by atoms with Gasteiger partial charge in [0.25, 0.3) is 0 Å². The molecule has 2 saturated heterocycles. The van der Waals surface area contributed by atoms with E-state index in [-0.39, 0.29) is 49.0 Å². The summed E-state index contributed by atoms with van der Waals surface area (Å²) in [7, 11) is -7.73. The van der Waals surface area contributed by atoms with Crippen molar-refractivity contribution in [2.45, 2.75) is 62.5 Å². The Balaban J connectivity index is 1.69. The van der Waals surface area contributed by atoms with Gasteiger partial charge in [-0.2, -0.15) is 4.31 Å². The molecule has 0 radical (unpaired) electrons. The van der Waals surface area contributed by atoms with Crippen LogP contribution in [0, 0.1) is 11.3 Å². The van der Waals surface area contributed by atoms with E-state index in [0.717, 1.165) is 21.0 Å². The Morgan fingerprint density at radius 3 is 2.49 bits per heavy atom. The number of fused-ring (bicyclic) bond motifs is 1. The van der Waals surface area contributed by atoms with Gasteiger partial charge in [0.15, 0.2) is 6.29 Å². The summed E-state index contributed by atoms with van der Waals surface area (Å²) in [6, 6.07) is 13.0. The Morgan fingerprint density at radius 1 is 1.13 bits per heavy atom. The minimum Gasteiger partial charge on any atom is -0.530 e. The standard InChI is InChI=1S/C30H44N4O9S2/c1-30(2,13-14-32-44(3,38)39)20-33(45(40,41)23-11-7-10-22(31)17-23)18-27(35)25(16-21-8-5-4-6-9-21)34(29(36)37)26-19-43-28-24(26)12-15-42-28/h4-11,17,24-28,32,35H,12-16,18-20,31H2,1-3H3,(H,36,37)/p-1/t24-,25-,26-,27+,28+/m0/s1. The van der Waals surface area contributed by atoms with E-state index < -0.39 is 62.6 Å². The molecule has 0 spiro atoms. The van der Waals surface area contributed by atoms with Gasteiger partial charge in [-0.15, -0.1) is 0 Å². The molecule has 2 aromatic rings. The number of nitrogens with two attached hydrogens (primary N) is 1. The normalized spacial score (nSPS) is 21.8. The first-order chi connectivity index (χ1) is 21.1. The first-order valence-corrected chi connectivity index (χ1v) is 18.2. The van der Waals surface area contributed by atoms with Gasteiger partial charge in [0.05, 0.1) is 42.6 Å². The number of carboxylic acid groups (broad SMARTS) is 1. The van der Waals surface area contributed by atoms with Gasteiger partial charge in [0.1, 0.15) is 6.09 Å². The molecule has 0 aliphatic carbocycles. The monoisotopic (exact) mass is 667 g/mol. The van der Waals surface area contributed by atoms with Crippen LogP contribution in [0.1, 0.15) is 32.3 Å². The summed E-state index contributed by atoms with van der Waals surface area (Å²) in [5, 5.41) is 24.7. The molecule has 250 valence electrons. The maximum atomic E-state index is 14.1. The Hall–Kier alpha value is -2.79. The second-order valence-electron chi connectivity index (χ2n) is 12.5. The maximum absolute atomic E-state index is 14.1. The third-order valence-electron chi connectivity index (χ3n) is 8.32. The van der Waals surface area contributed by atoms with E-state index in [1.54, 1.807) is 44.2 Å². The Kier molecular flexibility index (Phi) is 11.2. The zero-order valence-electron chi connectivity index (χ0n) is 25.7. The number of nitrogens with zero attached hydrogens (tertiary/aromatic N) is 2. The van der Waals surface area contributed by atoms with Crippen LogP contribution in [0.3, 0.4) is 0 Å². The lowest BCUT2D eigenvalue weighted by atomic mass is 9.89. The fourth-order valence-electron chi connectivity index (χ4n) is 6.05. The molecule has 0 bridgehead atoms. The van der Waals surface area contributed by atoms with Gasteiger partial charge in [-0.1, -0.05) is 50.2 Å². The van der Waals surface area contributed by atoms with E-state index in [0.29, 0.717) is 13.0 Å². The second-order valence-corrected chi connectivity index (χ2v) is 16.3. The van der Waals surface area contributed by atoms with Crippen LogP contribution in [-0.4, -0.2) is 101 Å². The zero-order valence-corrected chi connectivity index (χ0v) is 27.4. The molecular formula is C30H43N4O9S2-. The van der Waals surface area contributed by atoms with Gasteiger partial charge in [0.2, 0.25) is 20.0 Å². The van der Waals surface area contributed by atoms with Crippen LogP contribution in [0.4, 0.5) is 10.5 Å². The van der Waals surface area contributed by atoms with Gasteiger partial charge in [-0.25, -0.2) is 21.6 Å². The molecule has 4 N–H and O–H groups in total. The number of hydrogen-bond donors (Lipinski definition) is 3. The number of hydrogen-bond acceptors (Lipinski definition) is 10. The Labute approximate surface area is 265 Å². The first-order valence-electron chi connectivity index (χ1n) is 14.8. The topological polar surface area (TPSA) is 192 Å². The van der Waals surface area contributed by atoms with Crippen LogP contribution >= 0.6 is 0 Å². The summed E-state index contributed by atoms with van der Waals surface area (Å²) in [4.78, 5) is 13.8. The molecule has 45 heavy (non-hydrogen) atoms. The third-order valence-corrected chi connectivity index (χ3v) is 10.9. The molecule has 5 atom stereocenters. The number of amides is 1. The molecule has 2 aromatic carbocycles. The third kappa shape index (κ3) is 9.15. The number of carbonyl (C=O) groups excluding carboxylic acids is 1. The molecule has 4 rings (SSSR count). The summed E-state index contributed by atoms with van der Waals surface area (Å²) in [6.07, 6.45) is -1.59. The number of aliphatic hydroxyl groups excluding tert-OH is 1. The highest BCUT2D eigenvalue weighted by molar-refractivity contribution is 7.89. The van der Waals surface area contributed by atoms with Crippen molar-refractivity contribution in [3.05, 3.63) is 60.2 Å². The van der Waals surface area contributed by atoms with E-state index in [4.69, 9.17) is 15.2 Å². The number of carbonyl (C=O) groups is 1. The highest BCUT2D eigenvalue weighted by Crippen LogP contribution is 2.36. The smallest absolute Gasteiger partial charge is 0.243 e. The molecule has 0 saturated carbocycles. The van der Waals surface area contributed by atoms with Gasteiger partial charge in [0, 0.05) is 31.2 Å². The fourth-order valence-corrected chi connectivity index (χ4v) is 8.23. The van der Waals surface area contributed by atoms with Gasteiger partial charge < -0.3 is 35.1 Å².